The molecule has 0 amide bonds. The lowest BCUT2D eigenvalue weighted by molar-refractivity contribution is -0.303. The van der Waals surface area contributed by atoms with Crippen LogP contribution in [0.3, 0.4) is 0 Å². The van der Waals surface area contributed by atoms with Gasteiger partial charge in [-0.1, -0.05) is 0 Å². The molecule has 1 aliphatic rings. The highest BCUT2D eigenvalue weighted by molar-refractivity contribution is 5.67. The van der Waals surface area contributed by atoms with E-state index < -0.39 is 11.8 Å². The molecule has 0 aromatic carbocycles. The number of ether oxygens (including phenoxy) is 2. The summed E-state index contributed by atoms with van der Waals surface area (Å²) in [6.07, 6.45) is -0.341. The van der Waals surface area contributed by atoms with Crippen LogP contribution in [0, 0.1) is 0 Å². The fraction of sp³-hybridized carbons (Fsp3) is 0.889. The number of aliphatic hydroxyl groups excluding tert-OH is 1. The summed E-state index contributed by atoms with van der Waals surface area (Å²) >= 11 is 0. The molecule has 14 heavy (non-hydrogen) atoms. The van der Waals surface area contributed by atoms with Gasteiger partial charge in [0.1, 0.15) is 0 Å². The molecule has 0 spiro atoms. The monoisotopic (exact) mass is 204 g/mol. The van der Waals surface area contributed by atoms with Gasteiger partial charge >= 0.3 is 5.97 Å². The lowest BCUT2D eigenvalue weighted by atomic mass is 10.1. The van der Waals surface area contributed by atoms with Crippen molar-refractivity contribution in [2.45, 2.75) is 44.7 Å². The topological polar surface area (TPSA) is 76.0 Å². The van der Waals surface area contributed by atoms with E-state index in [1.165, 1.54) is 0 Å². The average molecular weight is 204 g/mol. The van der Waals surface area contributed by atoms with Gasteiger partial charge < -0.3 is 19.7 Å². The molecule has 1 saturated heterocycles. The molecule has 0 radical (unpaired) electrons. The summed E-state index contributed by atoms with van der Waals surface area (Å²) in [7, 11) is 0. The number of carbonyl (C=O) groups is 1. The molecule has 0 saturated carbocycles. The molecule has 2 atom stereocenters. The summed E-state index contributed by atoms with van der Waals surface area (Å²) in [5, 5.41) is 17.6. The van der Waals surface area contributed by atoms with Crippen LogP contribution in [0.5, 0.6) is 0 Å². The van der Waals surface area contributed by atoms with Crippen molar-refractivity contribution in [3.8, 4) is 0 Å². The van der Waals surface area contributed by atoms with Crippen LogP contribution < -0.4 is 0 Å². The predicted octanol–water partition coefficient (Wildman–Crippen LogP) is 0.364. The van der Waals surface area contributed by atoms with Gasteiger partial charge in [0.15, 0.2) is 5.79 Å². The number of carboxylic acid groups (broad SMARTS) is 1. The standard InChI is InChI=1S/C9H16O5/c1-9(2)13-6(4-8(11)12)3-7(5-10)14-9/h6-7,10H,3-5H2,1-2H3,(H,11,12)/t6-,7-/m0/s1. The minimum absolute atomic E-state index is 0.0523. The van der Waals surface area contributed by atoms with Gasteiger partial charge in [0.2, 0.25) is 0 Å². The van der Waals surface area contributed by atoms with E-state index in [9.17, 15) is 4.79 Å². The zero-order chi connectivity index (χ0) is 10.8. The third-order valence-corrected chi connectivity index (χ3v) is 2.03. The molecule has 0 aliphatic carbocycles. The summed E-state index contributed by atoms with van der Waals surface area (Å²) in [5.41, 5.74) is 0. The second-order valence-corrected chi connectivity index (χ2v) is 3.90. The van der Waals surface area contributed by atoms with Gasteiger partial charge in [0, 0.05) is 6.42 Å². The van der Waals surface area contributed by atoms with Crippen LogP contribution in [0.2, 0.25) is 0 Å². The molecule has 5 heteroatoms. The van der Waals surface area contributed by atoms with Crippen molar-refractivity contribution in [1.82, 2.24) is 0 Å². The number of rotatable bonds is 3. The normalized spacial score (nSPS) is 31.4. The van der Waals surface area contributed by atoms with E-state index in [0.29, 0.717) is 6.42 Å². The Kier molecular flexibility index (Phi) is 3.47. The summed E-state index contributed by atoms with van der Waals surface area (Å²) in [5.74, 6) is -1.71. The number of aliphatic hydroxyl groups is 1. The third-order valence-electron chi connectivity index (χ3n) is 2.03. The van der Waals surface area contributed by atoms with E-state index in [-0.39, 0.29) is 25.2 Å². The van der Waals surface area contributed by atoms with Gasteiger partial charge in [-0.15, -0.1) is 0 Å². The van der Waals surface area contributed by atoms with E-state index >= 15 is 0 Å². The first-order valence-corrected chi connectivity index (χ1v) is 4.61. The maximum Gasteiger partial charge on any atom is 0.305 e. The molecule has 0 bridgehead atoms. The fourth-order valence-electron chi connectivity index (χ4n) is 1.65. The lowest BCUT2D eigenvalue weighted by Gasteiger charge is -2.39. The number of aliphatic carboxylic acids is 1. The Bertz CT molecular complexity index is 213. The largest absolute Gasteiger partial charge is 0.481 e. The van der Waals surface area contributed by atoms with Crippen LogP contribution in [0.25, 0.3) is 0 Å². The quantitative estimate of drug-likeness (QED) is 0.694. The molecule has 5 nitrogen and oxygen atoms in total. The zero-order valence-electron chi connectivity index (χ0n) is 8.40. The molecule has 1 aliphatic heterocycles. The summed E-state index contributed by atoms with van der Waals surface area (Å²) in [6, 6.07) is 0. The molecular formula is C9H16O5. The molecule has 0 aromatic rings. The van der Waals surface area contributed by atoms with E-state index in [1.807, 2.05) is 0 Å². The predicted molar refractivity (Wildman–Crippen MR) is 47.8 cm³/mol. The Hall–Kier alpha value is -0.650. The first kappa shape index (κ1) is 11.4. The van der Waals surface area contributed by atoms with Crippen LogP contribution in [0.1, 0.15) is 26.7 Å². The van der Waals surface area contributed by atoms with Crippen molar-refractivity contribution < 1.29 is 24.5 Å². The highest BCUT2D eigenvalue weighted by atomic mass is 16.7. The van der Waals surface area contributed by atoms with E-state index in [2.05, 4.69) is 0 Å². The average Bonchev–Trinajstić information content (AvgIpc) is 1.99. The van der Waals surface area contributed by atoms with E-state index in [0.717, 1.165) is 0 Å². The summed E-state index contributed by atoms with van der Waals surface area (Å²) < 4.78 is 10.8. The minimum Gasteiger partial charge on any atom is -0.481 e. The SMILES string of the molecule is CC1(C)O[C@H](CO)C[C@@H](CC(=O)O)O1. The number of hydrogen-bond donors (Lipinski definition) is 2. The number of hydrogen-bond acceptors (Lipinski definition) is 4. The molecule has 82 valence electrons. The first-order valence-electron chi connectivity index (χ1n) is 4.61. The lowest BCUT2D eigenvalue weighted by Crippen LogP contribution is -2.46. The molecule has 1 heterocycles. The molecule has 0 aromatic heterocycles. The van der Waals surface area contributed by atoms with Crippen molar-refractivity contribution in [2.75, 3.05) is 6.61 Å². The van der Waals surface area contributed by atoms with E-state index in [1.54, 1.807) is 13.8 Å². The van der Waals surface area contributed by atoms with Crippen molar-refractivity contribution >= 4 is 5.97 Å². The maximum absolute atomic E-state index is 10.5. The summed E-state index contributed by atoms with van der Waals surface area (Å²) in [4.78, 5) is 10.5. The van der Waals surface area contributed by atoms with Crippen LogP contribution in [-0.2, 0) is 14.3 Å². The molecule has 1 rings (SSSR count). The Balaban J connectivity index is 2.56. The van der Waals surface area contributed by atoms with Crippen LogP contribution in [0.15, 0.2) is 0 Å². The van der Waals surface area contributed by atoms with Crippen LogP contribution >= 0.6 is 0 Å². The van der Waals surface area contributed by atoms with Gasteiger partial charge in [-0.2, -0.15) is 0 Å². The van der Waals surface area contributed by atoms with Crippen molar-refractivity contribution in [2.24, 2.45) is 0 Å². The van der Waals surface area contributed by atoms with Crippen molar-refractivity contribution in [1.29, 1.82) is 0 Å². The van der Waals surface area contributed by atoms with Gasteiger partial charge in [-0.05, 0) is 13.8 Å². The van der Waals surface area contributed by atoms with Gasteiger partial charge in [-0.25, -0.2) is 0 Å². The fourth-order valence-corrected chi connectivity index (χ4v) is 1.65. The van der Waals surface area contributed by atoms with Gasteiger partial charge in [-0.3, -0.25) is 4.79 Å². The Morgan fingerprint density at radius 3 is 2.50 bits per heavy atom. The number of carboxylic acids is 1. The Morgan fingerprint density at radius 2 is 2.00 bits per heavy atom. The molecule has 2 N–H and O–H groups in total. The van der Waals surface area contributed by atoms with Crippen molar-refractivity contribution in [3.05, 3.63) is 0 Å². The summed E-state index contributed by atoms with van der Waals surface area (Å²) in [6.45, 7) is 3.32. The maximum atomic E-state index is 10.5. The van der Waals surface area contributed by atoms with Gasteiger partial charge in [0.05, 0.1) is 25.2 Å². The second-order valence-electron chi connectivity index (χ2n) is 3.90. The Labute approximate surface area is 82.6 Å². The highest BCUT2D eigenvalue weighted by Crippen LogP contribution is 2.27. The second kappa shape index (κ2) is 4.25. The molecule has 1 fully saturated rings. The smallest absolute Gasteiger partial charge is 0.305 e. The van der Waals surface area contributed by atoms with E-state index in [4.69, 9.17) is 19.7 Å². The van der Waals surface area contributed by atoms with Crippen LogP contribution in [0.4, 0.5) is 0 Å². The Morgan fingerprint density at radius 1 is 1.43 bits per heavy atom. The highest BCUT2D eigenvalue weighted by Gasteiger charge is 2.35. The molecular weight excluding hydrogens is 188 g/mol. The third kappa shape index (κ3) is 3.25. The molecule has 0 unspecified atom stereocenters. The van der Waals surface area contributed by atoms with Crippen LogP contribution in [-0.4, -0.2) is 40.8 Å². The van der Waals surface area contributed by atoms with Crippen molar-refractivity contribution in [3.63, 3.8) is 0 Å². The van der Waals surface area contributed by atoms with Gasteiger partial charge in [0.25, 0.3) is 0 Å². The first-order chi connectivity index (χ1) is 6.43. The zero-order valence-corrected chi connectivity index (χ0v) is 8.40. The minimum atomic E-state index is -0.899.